The number of nitrogens with one attached hydrogen (secondary N) is 1. The highest BCUT2D eigenvalue weighted by molar-refractivity contribution is 5.95. The molecule has 4 heteroatoms. The number of hydrogen-bond acceptors (Lipinski definition) is 3. The lowest BCUT2D eigenvalue weighted by Crippen LogP contribution is -2.26. The molecule has 0 radical (unpaired) electrons. The van der Waals surface area contributed by atoms with Crippen molar-refractivity contribution in [3.8, 4) is 5.75 Å². The molecule has 1 amide bonds. The Hall–Kier alpha value is -1.71. The Balaban J connectivity index is 1.84. The molecule has 1 aromatic rings. The monoisotopic (exact) mass is 290 g/mol. The Labute approximate surface area is 127 Å². The normalized spacial score (nSPS) is 15.7. The van der Waals surface area contributed by atoms with E-state index in [1.807, 2.05) is 6.92 Å². The summed E-state index contributed by atoms with van der Waals surface area (Å²) < 4.78 is 5.42. The van der Waals surface area contributed by atoms with Crippen molar-refractivity contribution in [2.45, 2.75) is 45.4 Å². The van der Waals surface area contributed by atoms with Gasteiger partial charge in [-0.2, -0.15) is 0 Å². The van der Waals surface area contributed by atoms with Gasteiger partial charge in [0.2, 0.25) is 0 Å². The first-order valence-corrected chi connectivity index (χ1v) is 8.00. The number of nitrogens with two attached hydrogens (primary N) is 1. The van der Waals surface area contributed by atoms with E-state index in [9.17, 15) is 4.79 Å². The van der Waals surface area contributed by atoms with Crippen molar-refractivity contribution in [2.75, 3.05) is 18.9 Å². The first-order chi connectivity index (χ1) is 10.2. The Morgan fingerprint density at radius 2 is 2.05 bits per heavy atom. The molecule has 1 fully saturated rings. The van der Waals surface area contributed by atoms with Crippen LogP contribution in [0, 0.1) is 5.92 Å². The Morgan fingerprint density at radius 1 is 1.29 bits per heavy atom. The van der Waals surface area contributed by atoms with E-state index in [0.717, 1.165) is 18.9 Å². The van der Waals surface area contributed by atoms with Crippen molar-refractivity contribution in [2.24, 2.45) is 5.92 Å². The van der Waals surface area contributed by atoms with E-state index in [4.69, 9.17) is 10.5 Å². The molecule has 1 aliphatic rings. The lowest BCUT2D eigenvalue weighted by molar-refractivity contribution is 0.0950. The summed E-state index contributed by atoms with van der Waals surface area (Å²) in [5.74, 6) is 1.35. The summed E-state index contributed by atoms with van der Waals surface area (Å²) in [5.41, 5.74) is 6.94. The average Bonchev–Trinajstić information content (AvgIpc) is 2.48. The SMILES string of the molecule is CCOc1cc(N)cc(C(=O)NCCC2CCCCC2)c1. The smallest absolute Gasteiger partial charge is 0.251 e. The zero-order valence-electron chi connectivity index (χ0n) is 12.9. The third kappa shape index (κ3) is 4.96. The maximum absolute atomic E-state index is 12.2. The fourth-order valence-corrected chi connectivity index (χ4v) is 2.97. The third-order valence-corrected chi connectivity index (χ3v) is 4.06. The second-order valence-corrected chi connectivity index (χ2v) is 5.77. The van der Waals surface area contributed by atoms with Gasteiger partial charge < -0.3 is 15.8 Å². The van der Waals surface area contributed by atoms with Crippen molar-refractivity contribution in [1.82, 2.24) is 5.32 Å². The quantitative estimate of drug-likeness (QED) is 0.789. The molecule has 0 bridgehead atoms. The number of carbonyl (C=O) groups excluding carboxylic acids is 1. The Kier molecular flexibility index (Phi) is 5.90. The fraction of sp³-hybridized carbons (Fsp3) is 0.588. The predicted octanol–water partition coefficient (Wildman–Crippen LogP) is 3.37. The fourth-order valence-electron chi connectivity index (χ4n) is 2.97. The van der Waals surface area contributed by atoms with Crippen LogP contribution in [0.5, 0.6) is 5.75 Å². The number of amides is 1. The molecule has 3 N–H and O–H groups in total. The van der Waals surface area contributed by atoms with Crippen LogP contribution >= 0.6 is 0 Å². The van der Waals surface area contributed by atoms with Crippen LogP contribution in [0.1, 0.15) is 55.8 Å². The largest absolute Gasteiger partial charge is 0.494 e. The van der Waals surface area contributed by atoms with Crippen molar-refractivity contribution >= 4 is 11.6 Å². The molecule has 116 valence electrons. The number of rotatable bonds is 6. The molecular formula is C17H26N2O2. The van der Waals surface area contributed by atoms with Crippen molar-refractivity contribution < 1.29 is 9.53 Å². The minimum absolute atomic E-state index is 0.0703. The standard InChI is InChI=1S/C17H26N2O2/c1-2-21-16-11-14(10-15(18)12-16)17(20)19-9-8-13-6-4-3-5-7-13/h10-13H,2-9,18H2,1H3,(H,19,20). The van der Waals surface area contributed by atoms with Gasteiger partial charge in [-0.25, -0.2) is 0 Å². The summed E-state index contributed by atoms with van der Waals surface area (Å²) in [5, 5.41) is 2.99. The molecule has 1 aliphatic carbocycles. The van der Waals surface area contributed by atoms with Crippen molar-refractivity contribution in [1.29, 1.82) is 0 Å². The Bertz CT molecular complexity index is 468. The molecule has 1 aromatic carbocycles. The molecule has 0 atom stereocenters. The molecule has 0 aliphatic heterocycles. The van der Waals surface area contributed by atoms with Crippen molar-refractivity contribution in [3.63, 3.8) is 0 Å². The highest BCUT2D eigenvalue weighted by Gasteiger charge is 2.14. The van der Waals surface area contributed by atoms with E-state index in [0.29, 0.717) is 23.6 Å². The van der Waals surface area contributed by atoms with Gasteiger partial charge in [0.1, 0.15) is 5.75 Å². The lowest BCUT2D eigenvalue weighted by Gasteiger charge is -2.21. The van der Waals surface area contributed by atoms with E-state index in [2.05, 4.69) is 5.32 Å². The number of nitrogen functional groups attached to an aromatic ring is 1. The van der Waals surface area contributed by atoms with Crippen LogP contribution in [0.25, 0.3) is 0 Å². The predicted molar refractivity (Wildman–Crippen MR) is 85.5 cm³/mol. The lowest BCUT2D eigenvalue weighted by atomic mass is 9.87. The van der Waals surface area contributed by atoms with Gasteiger partial charge in [-0.15, -0.1) is 0 Å². The zero-order chi connectivity index (χ0) is 15.1. The topological polar surface area (TPSA) is 64.3 Å². The van der Waals surface area contributed by atoms with Crippen LogP contribution in [0.3, 0.4) is 0 Å². The van der Waals surface area contributed by atoms with E-state index in [-0.39, 0.29) is 5.91 Å². The van der Waals surface area contributed by atoms with E-state index < -0.39 is 0 Å². The summed E-state index contributed by atoms with van der Waals surface area (Å²) in [6.07, 6.45) is 7.74. The van der Waals surface area contributed by atoms with Crippen LogP contribution in [-0.2, 0) is 0 Å². The van der Waals surface area contributed by atoms with Crippen LogP contribution in [0.2, 0.25) is 0 Å². The van der Waals surface area contributed by atoms with E-state index in [1.54, 1.807) is 18.2 Å². The molecule has 2 rings (SSSR count). The Morgan fingerprint density at radius 3 is 2.76 bits per heavy atom. The van der Waals surface area contributed by atoms with E-state index >= 15 is 0 Å². The van der Waals surface area contributed by atoms with Crippen LogP contribution in [-0.4, -0.2) is 19.1 Å². The van der Waals surface area contributed by atoms with E-state index in [1.165, 1.54) is 32.1 Å². The number of anilines is 1. The second kappa shape index (κ2) is 7.91. The van der Waals surface area contributed by atoms with Crippen LogP contribution in [0.15, 0.2) is 18.2 Å². The maximum atomic E-state index is 12.2. The molecule has 0 saturated heterocycles. The molecule has 1 saturated carbocycles. The van der Waals surface area contributed by atoms with Crippen LogP contribution < -0.4 is 15.8 Å². The summed E-state index contributed by atoms with van der Waals surface area (Å²) in [6, 6.07) is 5.18. The molecule has 0 unspecified atom stereocenters. The van der Waals surface area contributed by atoms with Gasteiger partial charge in [-0.3, -0.25) is 4.79 Å². The molecule has 21 heavy (non-hydrogen) atoms. The average molecular weight is 290 g/mol. The number of benzene rings is 1. The first kappa shape index (κ1) is 15.7. The number of ether oxygens (including phenoxy) is 1. The minimum Gasteiger partial charge on any atom is -0.494 e. The van der Waals surface area contributed by atoms with Gasteiger partial charge in [-0.05, 0) is 31.4 Å². The minimum atomic E-state index is -0.0703. The second-order valence-electron chi connectivity index (χ2n) is 5.77. The molecule has 4 nitrogen and oxygen atoms in total. The molecule has 0 spiro atoms. The van der Waals surface area contributed by atoms with Crippen LogP contribution in [0.4, 0.5) is 5.69 Å². The maximum Gasteiger partial charge on any atom is 0.251 e. The molecule has 0 aromatic heterocycles. The summed E-state index contributed by atoms with van der Waals surface area (Å²) in [7, 11) is 0. The molecule has 0 heterocycles. The number of carbonyl (C=O) groups is 1. The number of hydrogen-bond donors (Lipinski definition) is 2. The summed E-state index contributed by atoms with van der Waals surface area (Å²) >= 11 is 0. The van der Waals surface area contributed by atoms with Gasteiger partial charge in [0.15, 0.2) is 0 Å². The van der Waals surface area contributed by atoms with Gasteiger partial charge in [0, 0.05) is 23.9 Å². The summed E-state index contributed by atoms with van der Waals surface area (Å²) in [6.45, 7) is 3.21. The van der Waals surface area contributed by atoms with Gasteiger partial charge in [-0.1, -0.05) is 32.1 Å². The molecular weight excluding hydrogens is 264 g/mol. The van der Waals surface area contributed by atoms with Crippen molar-refractivity contribution in [3.05, 3.63) is 23.8 Å². The highest BCUT2D eigenvalue weighted by atomic mass is 16.5. The van der Waals surface area contributed by atoms with Gasteiger partial charge >= 0.3 is 0 Å². The summed E-state index contributed by atoms with van der Waals surface area (Å²) in [4.78, 5) is 12.2. The van der Waals surface area contributed by atoms with Gasteiger partial charge in [0.05, 0.1) is 6.61 Å². The highest BCUT2D eigenvalue weighted by Crippen LogP contribution is 2.25. The third-order valence-electron chi connectivity index (χ3n) is 4.06. The van der Waals surface area contributed by atoms with Gasteiger partial charge in [0.25, 0.3) is 5.91 Å². The zero-order valence-corrected chi connectivity index (χ0v) is 12.9. The first-order valence-electron chi connectivity index (χ1n) is 8.00.